The molecule has 2 unspecified atom stereocenters. The van der Waals surface area contributed by atoms with E-state index in [4.69, 9.17) is 0 Å². The molecule has 300 valence electrons. The van der Waals surface area contributed by atoms with Crippen molar-refractivity contribution in [2.45, 2.75) is 10.8 Å². The van der Waals surface area contributed by atoms with E-state index in [0.29, 0.717) is 0 Å². The van der Waals surface area contributed by atoms with Crippen LogP contribution < -0.4 is 4.90 Å². The first-order valence-electron chi connectivity index (χ1n) is 22.3. The van der Waals surface area contributed by atoms with Gasteiger partial charge in [-0.2, -0.15) is 0 Å². The van der Waals surface area contributed by atoms with Crippen LogP contribution in [0.25, 0.3) is 38.6 Å². The largest absolute Gasteiger partial charge is 0.310 e. The average Bonchev–Trinajstić information content (AvgIpc) is 3.87. The molecule has 2 atom stereocenters. The lowest BCUT2D eigenvalue weighted by Gasteiger charge is -2.49. The summed E-state index contributed by atoms with van der Waals surface area (Å²) in [6, 6.07) is 94.6. The molecule has 0 radical (unpaired) electrons. The molecule has 11 aromatic rings. The summed E-state index contributed by atoms with van der Waals surface area (Å²) in [4.78, 5) is 2.43. The second kappa shape index (κ2) is 14.2. The zero-order chi connectivity index (χ0) is 42.2. The molecule has 2 nitrogen and oxygen atoms in total. The number of fused-ring (bicyclic) bond motifs is 8. The van der Waals surface area contributed by atoms with Crippen molar-refractivity contribution in [3.05, 3.63) is 299 Å². The summed E-state index contributed by atoms with van der Waals surface area (Å²) in [6.07, 6.45) is 0. The molecule has 0 fully saturated rings. The van der Waals surface area contributed by atoms with Gasteiger partial charge in [0.05, 0.1) is 21.9 Å². The molecule has 64 heavy (non-hydrogen) atoms. The Bertz CT molecular complexity index is 3560. The normalized spacial score (nSPS) is 16.9. The fourth-order valence-corrected chi connectivity index (χ4v) is 11.7. The van der Waals surface area contributed by atoms with Gasteiger partial charge in [-0.15, -0.1) is 0 Å². The van der Waals surface area contributed by atoms with Crippen molar-refractivity contribution in [1.82, 2.24) is 4.57 Å². The number of aromatic nitrogens is 1. The van der Waals surface area contributed by atoms with E-state index in [9.17, 15) is 0 Å². The maximum Gasteiger partial charge on any atom is 0.0720 e. The Morgan fingerprint density at radius 1 is 0.297 bits per heavy atom. The van der Waals surface area contributed by atoms with Crippen molar-refractivity contribution in [1.29, 1.82) is 0 Å². The second-order valence-corrected chi connectivity index (χ2v) is 17.2. The molecule has 1 aromatic heterocycles. The summed E-state index contributed by atoms with van der Waals surface area (Å²) in [5.41, 5.74) is 18.6. The van der Waals surface area contributed by atoms with Crippen LogP contribution in [0.4, 0.5) is 17.1 Å². The van der Waals surface area contributed by atoms with E-state index in [0.717, 1.165) is 22.7 Å². The minimum absolute atomic E-state index is 0.501. The van der Waals surface area contributed by atoms with Gasteiger partial charge < -0.3 is 9.47 Å². The maximum absolute atomic E-state index is 2.46. The topological polar surface area (TPSA) is 8.17 Å². The average molecular weight is 815 g/mol. The van der Waals surface area contributed by atoms with Crippen LogP contribution in [-0.2, 0) is 10.8 Å². The van der Waals surface area contributed by atoms with Gasteiger partial charge in [0.1, 0.15) is 0 Å². The van der Waals surface area contributed by atoms with Gasteiger partial charge in [0.15, 0.2) is 0 Å². The molecule has 1 heterocycles. The van der Waals surface area contributed by atoms with E-state index in [1.165, 1.54) is 77.4 Å². The highest BCUT2D eigenvalue weighted by Crippen LogP contribution is 2.66. The van der Waals surface area contributed by atoms with Gasteiger partial charge >= 0.3 is 0 Å². The smallest absolute Gasteiger partial charge is 0.0720 e. The zero-order valence-corrected chi connectivity index (χ0v) is 35.1. The number of benzene rings is 10. The Morgan fingerprint density at radius 3 is 1.55 bits per heavy atom. The van der Waals surface area contributed by atoms with Gasteiger partial charge in [0, 0.05) is 33.5 Å². The summed E-state index contributed by atoms with van der Waals surface area (Å²) in [6.45, 7) is 0. The fourth-order valence-electron chi connectivity index (χ4n) is 11.7. The lowest BCUT2D eigenvalue weighted by Crippen LogP contribution is -2.44. The van der Waals surface area contributed by atoms with E-state index in [1.807, 2.05) is 0 Å². The van der Waals surface area contributed by atoms with Crippen molar-refractivity contribution in [3.63, 3.8) is 0 Å². The predicted molar refractivity (Wildman–Crippen MR) is 265 cm³/mol. The molecule has 13 rings (SSSR count). The zero-order valence-electron chi connectivity index (χ0n) is 35.1. The number of para-hydroxylation sites is 3. The van der Waals surface area contributed by atoms with Gasteiger partial charge in [-0.1, -0.05) is 200 Å². The summed E-state index contributed by atoms with van der Waals surface area (Å²) in [5, 5.41) is 2.47. The third-order valence-corrected chi connectivity index (χ3v) is 14.1. The molecule has 2 aliphatic carbocycles. The van der Waals surface area contributed by atoms with E-state index < -0.39 is 10.8 Å². The Balaban J connectivity index is 1.10. The van der Waals surface area contributed by atoms with Crippen molar-refractivity contribution in [2.75, 3.05) is 4.90 Å². The van der Waals surface area contributed by atoms with Crippen LogP contribution in [0.15, 0.2) is 255 Å². The highest BCUT2D eigenvalue weighted by Gasteiger charge is 2.57. The van der Waals surface area contributed by atoms with Gasteiger partial charge in [0.25, 0.3) is 0 Å². The van der Waals surface area contributed by atoms with Crippen molar-refractivity contribution < 1.29 is 0 Å². The minimum atomic E-state index is -0.661. The molecule has 0 bridgehead atoms. The van der Waals surface area contributed by atoms with Gasteiger partial charge in [-0.25, -0.2) is 0 Å². The van der Waals surface area contributed by atoms with Crippen LogP contribution in [0.1, 0.15) is 44.5 Å². The summed E-state index contributed by atoms with van der Waals surface area (Å²) in [7, 11) is 0. The van der Waals surface area contributed by atoms with Crippen molar-refractivity contribution >= 4 is 38.9 Å². The molecule has 0 N–H and O–H groups in total. The highest BCUT2D eigenvalue weighted by atomic mass is 15.1. The Labute approximate surface area is 373 Å². The molecule has 0 aliphatic heterocycles. The SMILES string of the molecule is c1ccc(N(c2cccc(C3(c4ccccc4)c4ccccc4C4(c5ccccc5)c5ccccc5-c5cccc3c54)c2)c2ccc3c4ccccc4n(-c4ccccc4)c3c2)cc1. The van der Waals surface area contributed by atoms with Gasteiger partial charge in [-0.3, -0.25) is 0 Å². The monoisotopic (exact) mass is 814 g/mol. The predicted octanol–water partition coefficient (Wildman–Crippen LogP) is 15.3. The van der Waals surface area contributed by atoms with Crippen LogP contribution in [0.3, 0.4) is 0 Å². The van der Waals surface area contributed by atoms with Gasteiger partial charge in [0.2, 0.25) is 0 Å². The molecule has 0 amide bonds. The van der Waals surface area contributed by atoms with Crippen LogP contribution in [-0.4, -0.2) is 4.57 Å². The Morgan fingerprint density at radius 2 is 0.797 bits per heavy atom. The third kappa shape index (κ3) is 4.97. The van der Waals surface area contributed by atoms with Crippen molar-refractivity contribution in [2.24, 2.45) is 0 Å². The third-order valence-electron chi connectivity index (χ3n) is 14.1. The van der Waals surface area contributed by atoms with Crippen LogP contribution in [0.2, 0.25) is 0 Å². The van der Waals surface area contributed by atoms with Gasteiger partial charge in [-0.05, 0) is 110 Å². The molecule has 0 saturated carbocycles. The first-order valence-corrected chi connectivity index (χ1v) is 22.3. The van der Waals surface area contributed by atoms with E-state index in [2.05, 4.69) is 264 Å². The molecule has 0 spiro atoms. The Kier molecular flexibility index (Phi) is 8.07. The van der Waals surface area contributed by atoms with Crippen LogP contribution in [0, 0.1) is 0 Å². The molecule has 10 aromatic carbocycles. The quantitative estimate of drug-likeness (QED) is 0.156. The number of hydrogen-bond acceptors (Lipinski definition) is 1. The number of hydrogen-bond donors (Lipinski definition) is 0. The summed E-state index contributed by atoms with van der Waals surface area (Å²) in [5.74, 6) is 0. The molecular formula is C62H42N2. The maximum atomic E-state index is 2.46. The first-order chi connectivity index (χ1) is 31.8. The van der Waals surface area contributed by atoms with Crippen LogP contribution in [0.5, 0.6) is 0 Å². The van der Waals surface area contributed by atoms with E-state index in [1.54, 1.807) is 0 Å². The molecular weight excluding hydrogens is 773 g/mol. The first kappa shape index (κ1) is 36.5. The lowest BCUT2D eigenvalue weighted by atomic mass is 9.51. The molecule has 2 aliphatic rings. The fraction of sp³-hybridized carbons (Fsp3) is 0.0323. The van der Waals surface area contributed by atoms with E-state index in [-0.39, 0.29) is 0 Å². The number of nitrogens with zero attached hydrogens (tertiary/aromatic N) is 2. The van der Waals surface area contributed by atoms with E-state index >= 15 is 0 Å². The lowest BCUT2D eigenvalue weighted by molar-refractivity contribution is 0.627. The Hall–Kier alpha value is -8.20. The summed E-state index contributed by atoms with van der Waals surface area (Å²) >= 11 is 0. The molecule has 2 heteroatoms. The minimum Gasteiger partial charge on any atom is -0.310 e. The number of anilines is 3. The number of rotatable bonds is 7. The van der Waals surface area contributed by atoms with Crippen molar-refractivity contribution in [3.8, 4) is 16.8 Å². The molecule has 0 saturated heterocycles. The standard InChI is InChI=1S/C62H42N2/c1-5-21-43(22-6-1)61(55-35-16-17-36-56(55)62(44-23-7-2-8-24-44)54-34-15-13-31-50(54)53-33-20-37-57(61)60(53)62)45-25-19-30-48(41-45)63(46-26-9-3-10-27-46)49-39-40-52-51-32-14-18-38-58(51)64(59(52)42-49)47-28-11-4-12-29-47/h1-42H. The van der Waals surface area contributed by atoms with Crippen LogP contribution >= 0.6 is 0 Å². The summed E-state index contributed by atoms with van der Waals surface area (Å²) < 4.78 is 2.41. The second-order valence-electron chi connectivity index (χ2n) is 17.2. The highest BCUT2D eigenvalue weighted by molar-refractivity contribution is 6.10.